The van der Waals surface area contributed by atoms with Crippen molar-refractivity contribution in [3.05, 3.63) is 34.1 Å². The minimum Gasteiger partial charge on any atom is -0.339 e. The van der Waals surface area contributed by atoms with Crippen LogP contribution in [0, 0.1) is 11.3 Å². The lowest BCUT2D eigenvalue weighted by Crippen LogP contribution is -1.93. The summed E-state index contributed by atoms with van der Waals surface area (Å²) < 4.78 is 5.20. The Kier molecular flexibility index (Phi) is 4.41. The monoisotopic (exact) mass is 295 g/mol. The number of benzene rings is 1. The molecule has 6 heteroatoms. The van der Waals surface area contributed by atoms with Crippen molar-refractivity contribution in [2.75, 3.05) is 0 Å². The maximum absolute atomic E-state index is 8.56. The normalized spacial score (nSPS) is 12.1. The van der Waals surface area contributed by atoms with E-state index in [0.29, 0.717) is 34.6 Å². The van der Waals surface area contributed by atoms with E-state index in [-0.39, 0.29) is 5.92 Å². The first-order valence-electron chi connectivity index (χ1n) is 5.77. The second-order valence-electron chi connectivity index (χ2n) is 4.18. The molecule has 0 spiro atoms. The minimum atomic E-state index is 0.0590. The topological polar surface area (TPSA) is 62.7 Å². The van der Waals surface area contributed by atoms with Crippen LogP contribution in [0.4, 0.5) is 0 Å². The highest BCUT2D eigenvalue weighted by molar-refractivity contribution is 6.42. The molecule has 1 unspecified atom stereocenters. The molecule has 0 aliphatic carbocycles. The zero-order valence-corrected chi connectivity index (χ0v) is 11.7. The van der Waals surface area contributed by atoms with Gasteiger partial charge in [0.1, 0.15) is 0 Å². The molecular weight excluding hydrogens is 285 g/mol. The van der Waals surface area contributed by atoms with E-state index in [0.717, 1.165) is 5.56 Å². The molecule has 0 radical (unpaired) electrons. The lowest BCUT2D eigenvalue weighted by atomic mass is 10.1. The number of nitriles is 1. The highest BCUT2D eigenvalue weighted by Gasteiger charge is 2.15. The van der Waals surface area contributed by atoms with Gasteiger partial charge in [-0.15, -0.1) is 0 Å². The predicted octanol–water partition coefficient (Wildman–Crippen LogP) is 4.45. The van der Waals surface area contributed by atoms with Crippen molar-refractivity contribution in [2.45, 2.75) is 25.7 Å². The fraction of sp³-hybridized carbons (Fsp3) is 0.308. The van der Waals surface area contributed by atoms with Gasteiger partial charge in [0.2, 0.25) is 11.7 Å². The lowest BCUT2D eigenvalue weighted by molar-refractivity contribution is 0.355. The van der Waals surface area contributed by atoms with Crippen LogP contribution in [-0.4, -0.2) is 10.1 Å². The molecule has 1 aromatic heterocycles. The molecule has 1 heterocycles. The number of halogens is 2. The molecule has 19 heavy (non-hydrogen) atoms. The van der Waals surface area contributed by atoms with Gasteiger partial charge in [-0.2, -0.15) is 10.2 Å². The molecule has 98 valence electrons. The molecule has 0 amide bonds. The van der Waals surface area contributed by atoms with Gasteiger partial charge >= 0.3 is 0 Å². The van der Waals surface area contributed by atoms with Gasteiger partial charge in [0.05, 0.1) is 16.1 Å². The van der Waals surface area contributed by atoms with E-state index in [1.807, 2.05) is 6.92 Å². The highest BCUT2D eigenvalue weighted by atomic mass is 35.5. The number of hydrogen-bond acceptors (Lipinski definition) is 4. The average molecular weight is 296 g/mol. The standard InChI is InChI=1S/C13H11Cl2N3O/c1-8(3-2-6-16)13-17-12(18-19-13)9-4-5-10(14)11(15)7-9/h4-5,7-8H,2-3H2,1H3. The fourth-order valence-electron chi connectivity index (χ4n) is 1.59. The van der Waals surface area contributed by atoms with Crippen LogP contribution in [-0.2, 0) is 0 Å². The van der Waals surface area contributed by atoms with Crippen molar-refractivity contribution in [3.8, 4) is 17.5 Å². The lowest BCUT2D eigenvalue weighted by Gasteiger charge is -2.01. The second kappa shape index (κ2) is 6.05. The molecule has 0 saturated carbocycles. The molecule has 0 bridgehead atoms. The second-order valence-corrected chi connectivity index (χ2v) is 5.00. The Balaban J connectivity index is 2.21. The summed E-state index contributed by atoms with van der Waals surface area (Å²) in [6.07, 6.45) is 1.16. The molecule has 1 atom stereocenters. The third-order valence-electron chi connectivity index (χ3n) is 2.73. The van der Waals surface area contributed by atoms with E-state index < -0.39 is 0 Å². The largest absolute Gasteiger partial charge is 0.339 e. The first-order chi connectivity index (χ1) is 9.11. The van der Waals surface area contributed by atoms with Gasteiger partial charge in [0, 0.05) is 17.9 Å². The summed E-state index contributed by atoms with van der Waals surface area (Å²) in [6, 6.07) is 7.26. The Hall–Kier alpha value is -1.57. The maximum Gasteiger partial charge on any atom is 0.229 e. The maximum atomic E-state index is 8.56. The summed E-state index contributed by atoms with van der Waals surface area (Å²) in [5.74, 6) is 1.05. The summed E-state index contributed by atoms with van der Waals surface area (Å²) in [7, 11) is 0. The SMILES string of the molecule is CC(CCC#N)c1nc(-c2ccc(Cl)c(Cl)c2)no1. The zero-order valence-electron chi connectivity index (χ0n) is 10.2. The number of aromatic nitrogens is 2. The Morgan fingerprint density at radius 3 is 2.84 bits per heavy atom. The van der Waals surface area contributed by atoms with Gasteiger partial charge in [0.15, 0.2) is 0 Å². The van der Waals surface area contributed by atoms with Crippen LogP contribution in [0.5, 0.6) is 0 Å². The van der Waals surface area contributed by atoms with Gasteiger partial charge in [-0.05, 0) is 24.6 Å². The van der Waals surface area contributed by atoms with Crippen molar-refractivity contribution < 1.29 is 4.52 Å². The van der Waals surface area contributed by atoms with E-state index in [1.54, 1.807) is 18.2 Å². The van der Waals surface area contributed by atoms with Crippen LogP contribution in [0.25, 0.3) is 11.4 Å². The minimum absolute atomic E-state index is 0.0590. The zero-order chi connectivity index (χ0) is 13.8. The quantitative estimate of drug-likeness (QED) is 0.836. The van der Waals surface area contributed by atoms with E-state index in [4.69, 9.17) is 33.0 Å². The molecular formula is C13H11Cl2N3O. The molecule has 2 aromatic rings. The fourth-order valence-corrected chi connectivity index (χ4v) is 1.89. The summed E-state index contributed by atoms with van der Waals surface area (Å²) in [6.45, 7) is 1.95. The van der Waals surface area contributed by atoms with Crippen LogP contribution in [0.3, 0.4) is 0 Å². The highest BCUT2D eigenvalue weighted by Crippen LogP contribution is 2.28. The average Bonchev–Trinajstić information content (AvgIpc) is 2.89. The van der Waals surface area contributed by atoms with Gasteiger partial charge in [-0.1, -0.05) is 35.3 Å². The smallest absolute Gasteiger partial charge is 0.229 e. The number of rotatable bonds is 4. The van der Waals surface area contributed by atoms with Crippen molar-refractivity contribution >= 4 is 23.2 Å². The molecule has 0 fully saturated rings. The Bertz CT molecular complexity index is 619. The molecule has 0 N–H and O–H groups in total. The Labute approximate surface area is 120 Å². The number of nitrogens with zero attached hydrogens (tertiary/aromatic N) is 3. The Morgan fingerprint density at radius 2 is 2.16 bits per heavy atom. The first-order valence-corrected chi connectivity index (χ1v) is 6.53. The van der Waals surface area contributed by atoms with Gasteiger partial charge in [-0.3, -0.25) is 0 Å². The molecule has 1 aromatic carbocycles. The molecule has 4 nitrogen and oxygen atoms in total. The third kappa shape index (κ3) is 3.25. The van der Waals surface area contributed by atoms with E-state index in [2.05, 4.69) is 16.2 Å². The summed E-state index contributed by atoms with van der Waals surface area (Å²) in [4.78, 5) is 4.32. The van der Waals surface area contributed by atoms with E-state index >= 15 is 0 Å². The van der Waals surface area contributed by atoms with Crippen LogP contribution in [0.15, 0.2) is 22.7 Å². The van der Waals surface area contributed by atoms with Gasteiger partial charge in [-0.25, -0.2) is 0 Å². The van der Waals surface area contributed by atoms with Crippen LogP contribution in [0.1, 0.15) is 31.6 Å². The first kappa shape index (κ1) is 13.9. The molecule has 0 aliphatic heterocycles. The van der Waals surface area contributed by atoms with Crippen LogP contribution < -0.4 is 0 Å². The summed E-state index contributed by atoms with van der Waals surface area (Å²) in [5.41, 5.74) is 0.747. The molecule has 0 aliphatic rings. The van der Waals surface area contributed by atoms with Gasteiger partial charge < -0.3 is 4.52 Å². The van der Waals surface area contributed by atoms with Crippen molar-refractivity contribution in [1.82, 2.24) is 10.1 Å². The van der Waals surface area contributed by atoms with Crippen LogP contribution in [0.2, 0.25) is 10.0 Å². The number of hydrogen-bond donors (Lipinski definition) is 0. The van der Waals surface area contributed by atoms with Crippen LogP contribution >= 0.6 is 23.2 Å². The van der Waals surface area contributed by atoms with Crippen molar-refractivity contribution in [1.29, 1.82) is 5.26 Å². The molecule has 0 saturated heterocycles. The summed E-state index contributed by atoms with van der Waals surface area (Å²) >= 11 is 11.8. The predicted molar refractivity (Wildman–Crippen MR) is 73.0 cm³/mol. The Morgan fingerprint density at radius 1 is 1.37 bits per heavy atom. The third-order valence-corrected chi connectivity index (χ3v) is 3.47. The van der Waals surface area contributed by atoms with E-state index in [9.17, 15) is 0 Å². The summed E-state index contributed by atoms with van der Waals surface area (Å²) in [5, 5.41) is 13.4. The van der Waals surface area contributed by atoms with E-state index in [1.165, 1.54) is 0 Å². The molecule has 2 rings (SSSR count). The van der Waals surface area contributed by atoms with Crippen molar-refractivity contribution in [3.63, 3.8) is 0 Å². The van der Waals surface area contributed by atoms with Gasteiger partial charge in [0.25, 0.3) is 0 Å². The van der Waals surface area contributed by atoms with Crippen molar-refractivity contribution in [2.24, 2.45) is 0 Å².